The zero-order valence-electron chi connectivity index (χ0n) is 8.60. The Labute approximate surface area is 76.7 Å². The molecule has 0 bridgehead atoms. The van der Waals surface area contributed by atoms with Crippen molar-refractivity contribution < 1.29 is 0 Å². The lowest BCUT2D eigenvalue weighted by Gasteiger charge is -2.35. The molecule has 2 N–H and O–H groups in total. The maximum Gasteiger partial charge on any atom is 0.0156 e. The lowest BCUT2D eigenvalue weighted by Crippen LogP contribution is -2.42. The average molecular weight is 169 g/mol. The summed E-state index contributed by atoms with van der Waals surface area (Å²) in [6, 6.07) is 0. The van der Waals surface area contributed by atoms with Gasteiger partial charge in [-0.05, 0) is 25.2 Å². The van der Waals surface area contributed by atoms with E-state index in [0.29, 0.717) is 0 Å². The van der Waals surface area contributed by atoms with E-state index in [9.17, 15) is 0 Å². The fraction of sp³-hybridized carbons (Fsp3) is 1.00. The normalized spacial score (nSPS) is 25.2. The Kier molecular flexibility index (Phi) is 3.57. The topological polar surface area (TPSA) is 26.0 Å². The van der Waals surface area contributed by atoms with E-state index >= 15 is 0 Å². The van der Waals surface area contributed by atoms with Crippen LogP contribution in [0.4, 0.5) is 0 Å². The fourth-order valence-corrected chi connectivity index (χ4v) is 2.30. The van der Waals surface area contributed by atoms with Gasteiger partial charge in [-0.3, -0.25) is 0 Å². The van der Waals surface area contributed by atoms with Gasteiger partial charge in [-0.1, -0.05) is 39.5 Å². The highest BCUT2D eigenvalue weighted by molar-refractivity contribution is 4.88. The minimum atomic E-state index is 0.202. The first-order valence-corrected chi connectivity index (χ1v) is 5.45. The summed E-state index contributed by atoms with van der Waals surface area (Å²) in [5, 5.41) is 0. The van der Waals surface area contributed by atoms with Crippen LogP contribution < -0.4 is 5.73 Å². The lowest BCUT2D eigenvalue weighted by atomic mass is 9.76. The third kappa shape index (κ3) is 2.78. The molecule has 1 atom stereocenters. The van der Waals surface area contributed by atoms with Crippen LogP contribution in [0.1, 0.15) is 58.8 Å². The molecule has 1 fully saturated rings. The van der Waals surface area contributed by atoms with Gasteiger partial charge in [-0.15, -0.1) is 0 Å². The second kappa shape index (κ2) is 4.27. The van der Waals surface area contributed by atoms with Crippen molar-refractivity contribution in [2.24, 2.45) is 11.7 Å². The minimum absolute atomic E-state index is 0.202. The summed E-state index contributed by atoms with van der Waals surface area (Å²) in [4.78, 5) is 0. The lowest BCUT2D eigenvalue weighted by molar-refractivity contribution is 0.241. The van der Waals surface area contributed by atoms with E-state index in [1.165, 1.54) is 44.9 Å². The van der Waals surface area contributed by atoms with Gasteiger partial charge in [-0.2, -0.15) is 0 Å². The van der Waals surface area contributed by atoms with Gasteiger partial charge in [0.15, 0.2) is 0 Å². The quantitative estimate of drug-likeness (QED) is 0.690. The van der Waals surface area contributed by atoms with Gasteiger partial charge in [0.25, 0.3) is 0 Å². The van der Waals surface area contributed by atoms with Crippen molar-refractivity contribution in [1.29, 1.82) is 0 Å². The number of nitrogens with two attached hydrogens (primary N) is 1. The molecule has 0 aromatic carbocycles. The van der Waals surface area contributed by atoms with Gasteiger partial charge < -0.3 is 5.73 Å². The number of rotatable bonds is 3. The summed E-state index contributed by atoms with van der Waals surface area (Å²) in [6.07, 6.45) is 9.15. The summed E-state index contributed by atoms with van der Waals surface area (Å²) >= 11 is 0. The van der Waals surface area contributed by atoms with Gasteiger partial charge in [0.1, 0.15) is 0 Å². The molecule has 0 radical (unpaired) electrons. The van der Waals surface area contributed by atoms with Gasteiger partial charge in [0.05, 0.1) is 0 Å². The van der Waals surface area contributed by atoms with Crippen molar-refractivity contribution in [1.82, 2.24) is 0 Å². The van der Waals surface area contributed by atoms with Gasteiger partial charge in [0, 0.05) is 5.54 Å². The summed E-state index contributed by atoms with van der Waals surface area (Å²) in [7, 11) is 0. The molecular formula is C11H23N. The molecular weight excluding hydrogens is 146 g/mol. The van der Waals surface area contributed by atoms with Crippen LogP contribution in [0.25, 0.3) is 0 Å². The van der Waals surface area contributed by atoms with Crippen LogP contribution in [0.15, 0.2) is 0 Å². The molecule has 72 valence electrons. The Bertz CT molecular complexity index is 125. The third-order valence-electron chi connectivity index (χ3n) is 3.30. The monoisotopic (exact) mass is 169 g/mol. The highest BCUT2D eigenvalue weighted by Gasteiger charge is 2.28. The fourth-order valence-electron chi connectivity index (χ4n) is 2.30. The number of hydrogen-bond donors (Lipinski definition) is 1. The third-order valence-corrected chi connectivity index (χ3v) is 3.30. The van der Waals surface area contributed by atoms with Gasteiger partial charge in [0.2, 0.25) is 0 Å². The van der Waals surface area contributed by atoms with Crippen molar-refractivity contribution in [3.05, 3.63) is 0 Å². The molecule has 1 rings (SSSR count). The molecule has 0 aliphatic heterocycles. The van der Waals surface area contributed by atoms with Gasteiger partial charge >= 0.3 is 0 Å². The van der Waals surface area contributed by atoms with Crippen molar-refractivity contribution in [3.63, 3.8) is 0 Å². The van der Waals surface area contributed by atoms with Crippen LogP contribution in [0.5, 0.6) is 0 Å². The summed E-state index contributed by atoms with van der Waals surface area (Å²) in [5.74, 6) is 0.813. The van der Waals surface area contributed by atoms with E-state index in [4.69, 9.17) is 5.73 Å². The standard InChI is InChI=1S/C11H23N/c1-3-10(2)9-11(12)7-5-4-6-8-11/h10H,3-9,12H2,1-2H3. The van der Waals surface area contributed by atoms with E-state index in [1.54, 1.807) is 0 Å². The second-order valence-corrected chi connectivity index (χ2v) is 4.64. The SMILES string of the molecule is CCC(C)CC1(N)CCCCC1. The molecule has 1 aliphatic carbocycles. The average Bonchev–Trinajstić information content (AvgIpc) is 2.05. The first-order chi connectivity index (χ1) is 5.66. The van der Waals surface area contributed by atoms with Crippen molar-refractivity contribution >= 4 is 0 Å². The van der Waals surface area contributed by atoms with Crippen LogP contribution in [0.2, 0.25) is 0 Å². The van der Waals surface area contributed by atoms with E-state index in [0.717, 1.165) is 5.92 Å². The zero-order valence-corrected chi connectivity index (χ0v) is 8.60. The van der Waals surface area contributed by atoms with Crippen molar-refractivity contribution in [3.8, 4) is 0 Å². The maximum atomic E-state index is 6.34. The molecule has 0 aromatic rings. The Balaban J connectivity index is 2.35. The molecule has 1 heteroatoms. The molecule has 1 nitrogen and oxygen atoms in total. The summed E-state index contributed by atoms with van der Waals surface area (Å²) < 4.78 is 0. The zero-order chi connectivity index (χ0) is 9.03. The molecule has 0 amide bonds. The molecule has 0 saturated heterocycles. The van der Waals surface area contributed by atoms with E-state index < -0.39 is 0 Å². The maximum absolute atomic E-state index is 6.34. The molecule has 0 heterocycles. The second-order valence-electron chi connectivity index (χ2n) is 4.64. The Morgan fingerprint density at radius 1 is 1.25 bits per heavy atom. The van der Waals surface area contributed by atoms with E-state index in [-0.39, 0.29) is 5.54 Å². The molecule has 1 unspecified atom stereocenters. The molecule has 0 aromatic heterocycles. The Morgan fingerprint density at radius 3 is 2.33 bits per heavy atom. The highest BCUT2D eigenvalue weighted by atomic mass is 14.7. The smallest absolute Gasteiger partial charge is 0.0156 e. The molecule has 1 saturated carbocycles. The van der Waals surface area contributed by atoms with Crippen LogP contribution in [0, 0.1) is 5.92 Å². The first-order valence-electron chi connectivity index (χ1n) is 5.45. The van der Waals surface area contributed by atoms with Crippen LogP contribution in [-0.4, -0.2) is 5.54 Å². The van der Waals surface area contributed by atoms with Gasteiger partial charge in [-0.25, -0.2) is 0 Å². The van der Waals surface area contributed by atoms with Crippen molar-refractivity contribution in [2.45, 2.75) is 64.3 Å². The molecule has 12 heavy (non-hydrogen) atoms. The predicted octanol–water partition coefficient (Wildman–Crippen LogP) is 3.08. The Morgan fingerprint density at radius 2 is 1.83 bits per heavy atom. The van der Waals surface area contributed by atoms with Crippen molar-refractivity contribution in [2.75, 3.05) is 0 Å². The van der Waals surface area contributed by atoms with E-state index in [1.807, 2.05) is 0 Å². The molecule has 1 aliphatic rings. The summed E-state index contributed by atoms with van der Waals surface area (Å²) in [5.41, 5.74) is 6.54. The minimum Gasteiger partial charge on any atom is -0.325 e. The van der Waals surface area contributed by atoms with E-state index in [2.05, 4.69) is 13.8 Å². The molecule has 0 spiro atoms. The Hall–Kier alpha value is -0.0400. The van der Waals surface area contributed by atoms with Crippen LogP contribution in [-0.2, 0) is 0 Å². The summed E-state index contributed by atoms with van der Waals surface area (Å²) in [6.45, 7) is 4.58. The first kappa shape index (κ1) is 10.0. The van der Waals surface area contributed by atoms with Crippen LogP contribution in [0.3, 0.4) is 0 Å². The number of hydrogen-bond acceptors (Lipinski definition) is 1. The van der Waals surface area contributed by atoms with Crippen LogP contribution >= 0.6 is 0 Å². The predicted molar refractivity (Wildman–Crippen MR) is 54.1 cm³/mol. The largest absolute Gasteiger partial charge is 0.325 e. The highest BCUT2D eigenvalue weighted by Crippen LogP contribution is 2.31.